The van der Waals surface area contributed by atoms with Crippen molar-refractivity contribution in [2.45, 2.75) is 116 Å². The van der Waals surface area contributed by atoms with Gasteiger partial charge in [0.2, 0.25) is 0 Å². The third-order valence-corrected chi connectivity index (χ3v) is 7.55. The Morgan fingerprint density at radius 3 is 1.63 bits per heavy atom. The fraction of sp³-hybridized carbons (Fsp3) is 0.710. The van der Waals surface area contributed by atoms with Gasteiger partial charge in [-0.25, -0.2) is 13.2 Å². The van der Waals surface area contributed by atoms with E-state index in [9.17, 15) is 17.8 Å². The van der Waals surface area contributed by atoms with Crippen molar-refractivity contribution in [3.63, 3.8) is 0 Å². The molecule has 0 atom stereocenters. The molecule has 220 valence electrons. The number of esters is 1. The van der Waals surface area contributed by atoms with Crippen molar-refractivity contribution >= 4 is 16.1 Å². The molecule has 1 aromatic carbocycles. The second kappa shape index (κ2) is 21.2. The Bertz CT molecular complexity index is 863. The highest BCUT2D eigenvalue weighted by atomic mass is 32.2. The molecule has 0 aromatic heterocycles. The van der Waals surface area contributed by atoms with Crippen LogP contribution in [0.25, 0.3) is 0 Å². The molecule has 0 fully saturated rings. The van der Waals surface area contributed by atoms with Gasteiger partial charge in [0.05, 0.1) is 25.5 Å². The van der Waals surface area contributed by atoms with Gasteiger partial charge in [-0.3, -0.25) is 0 Å². The first kappa shape index (κ1) is 36.3. The Morgan fingerprint density at radius 2 is 1.24 bits per heavy atom. The van der Waals surface area contributed by atoms with E-state index in [1.54, 1.807) is 19.1 Å². The first-order valence-electron chi connectivity index (χ1n) is 14.6. The first-order chi connectivity index (χ1) is 17.9. The molecule has 0 radical (unpaired) electrons. The molecule has 0 aliphatic rings. The van der Waals surface area contributed by atoms with E-state index >= 15 is 0 Å². The summed E-state index contributed by atoms with van der Waals surface area (Å²) < 4.78 is 37.3. The average molecular weight is 554 g/mol. The summed E-state index contributed by atoms with van der Waals surface area (Å²) >= 11 is 0. The summed E-state index contributed by atoms with van der Waals surface area (Å²) in [4.78, 5) is 11.2. The Hall–Kier alpha value is -1.70. The molecule has 0 aliphatic carbocycles. The van der Waals surface area contributed by atoms with Crippen molar-refractivity contribution in [2.24, 2.45) is 0 Å². The molecule has 0 amide bonds. The molecule has 0 saturated carbocycles. The molecule has 1 aromatic rings. The van der Waals surface area contributed by atoms with E-state index in [0.717, 1.165) is 23.1 Å². The van der Waals surface area contributed by atoms with Crippen LogP contribution in [0, 0.1) is 6.92 Å². The smallest absolute Gasteiger partial charge is 0.333 e. The van der Waals surface area contributed by atoms with Crippen molar-refractivity contribution in [1.82, 2.24) is 0 Å². The first-order valence-corrected chi connectivity index (χ1v) is 16.0. The number of hydrogen-bond acceptors (Lipinski definition) is 5. The summed E-state index contributed by atoms with van der Waals surface area (Å²) in [6.07, 6.45) is 19.6. The van der Waals surface area contributed by atoms with E-state index in [0.29, 0.717) is 12.2 Å². The quantitative estimate of drug-likeness (QED) is 0.0547. The molecule has 0 N–H and O–H groups in total. The van der Waals surface area contributed by atoms with Gasteiger partial charge in [0.25, 0.3) is 0 Å². The maximum absolute atomic E-state index is 11.4. The number of benzene rings is 1. The van der Waals surface area contributed by atoms with Crippen LogP contribution < -0.4 is 0 Å². The van der Waals surface area contributed by atoms with Gasteiger partial charge >= 0.3 is 5.97 Å². The van der Waals surface area contributed by atoms with E-state index in [4.69, 9.17) is 4.74 Å². The maximum Gasteiger partial charge on any atom is 0.333 e. The fourth-order valence-corrected chi connectivity index (χ4v) is 4.53. The number of quaternary nitrogens is 1. The molecule has 0 bridgehead atoms. The number of aryl methyl sites for hydroxylation is 1. The molecule has 0 unspecified atom stereocenters. The van der Waals surface area contributed by atoms with Crippen LogP contribution in [0.1, 0.15) is 109 Å². The highest BCUT2D eigenvalue weighted by Crippen LogP contribution is 2.13. The minimum Gasteiger partial charge on any atom is -0.744 e. The molecule has 7 heteroatoms. The van der Waals surface area contributed by atoms with Crippen LogP contribution in [0.2, 0.25) is 0 Å². The normalized spacial score (nSPS) is 11.5. The van der Waals surface area contributed by atoms with Gasteiger partial charge in [-0.15, -0.1) is 0 Å². The van der Waals surface area contributed by atoms with E-state index in [-0.39, 0.29) is 10.9 Å². The fourth-order valence-electron chi connectivity index (χ4n) is 4.06. The number of nitrogens with zero attached hydrogens (tertiary/aromatic N) is 1. The zero-order valence-corrected chi connectivity index (χ0v) is 25.8. The van der Waals surface area contributed by atoms with Gasteiger partial charge in [-0.05, 0) is 38.8 Å². The molecule has 0 heterocycles. The lowest BCUT2D eigenvalue weighted by atomic mass is 10.0. The van der Waals surface area contributed by atoms with Crippen LogP contribution in [0.4, 0.5) is 0 Å². The number of ether oxygens (including phenoxy) is 1. The summed E-state index contributed by atoms with van der Waals surface area (Å²) in [5.74, 6) is -0.272. The van der Waals surface area contributed by atoms with E-state index in [2.05, 4.69) is 27.6 Å². The van der Waals surface area contributed by atoms with Crippen LogP contribution in [0.5, 0.6) is 0 Å². The topological polar surface area (TPSA) is 83.5 Å². The van der Waals surface area contributed by atoms with E-state index in [1.807, 2.05) is 6.92 Å². The summed E-state index contributed by atoms with van der Waals surface area (Å²) in [7, 11) is 0.169. The number of carbonyl (C=O) groups is 1. The molecule has 1 rings (SSSR count). The molecule has 0 spiro atoms. The van der Waals surface area contributed by atoms with E-state index in [1.165, 1.54) is 102 Å². The van der Waals surface area contributed by atoms with Crippen molar-refractivity contribution in [3.8, 4) is 0 Å². The summed E-state index contributed by atoms with van der Waals surface area (Å²) in [5.41, 5.74) is 1.41. The lowest BCUT2D eigenvalue weighted by Crippen LogP contribution is -2.43. The predicted molar refractivity (Wildman–Crippen MR) is 157 cm³/mol. The van der Waals surface area contributed by atoms with Gasteiger partial charge in [-0.2, -0.15) is 0 Å². The largest absolute Gasteiger partial charge is 0.744 e. The summed E-state index contributed by atoms with van der Waals surface area (Å²) in [6, 6.07) is 5.78. The summed E-state index contributed by atoms with van der Waals surface area (Å²) in [6.45, 7) is 11.9. The zero-order valence-electron chi connectivity index (χ0n) is 24.9. The van der Waals surface area contributed by atoms with Gasteiger partial charge in [0.15, 0.2) is 0 Å². The highest BCUT2D eigenvalue weighted by molar-refractivity contribution is 7.85. The molecular weight excluding hydrogens is 498 g/mol. The minimum atomic E-state index is -4.27. The standard InChI is InChI=1S/C24H48NO2.C7H8O3S/c1-6-7-8-9-10-11-12-13-14-15-16-17-18-19-20-25(4,5)21-22-27-24(26)23(2)3;1-6-2-4-7(5-3-6)11(8,9)10/h2,6-22H2,1,3-5H3;2-5H,1H3,(H,8,9,10)/q+1;/p-1. The molecule has 6 nitrogen and oxygen atoms in total. The Labute approximate surface area is 234 Å². The van der Waals surface area contributed by atoms with Crippen LogP contribution in [-0.4, -0.2) is 57.2 Å². The monoisotopic (exact) mass is 553 g/mol. The molecule has 0 saturated heterocycles. The summed E-state index contributed by atoms with van der Waals surface area (Å²) in [5, 5.41) is 0. The van der Waals surface area contributed by atoms with Crippen LogP contribution in [-0.2, 0) is 19.6 Å². The Kier molecular flexibility index (Phi) is 20.2. The second-order valence-electron chi connectivity index (χ2n) is 11.2. The zero-order chi connectivity index (χ0) is 28.9. The predicted octanol–water partition coefficient (Wildman–Crippen LogP) is 7.56. The molecule has 38 heavy (non-hydrogen) atoms. The second-order valence-corrected chi connectivity index (χ2v) is 12.5. The molecular formula is C31H55NO5S. The van der Waals surface area contributed by atoms with Crippen LogP contribution in [0.3, 0.4) is 0 Å². The van der Waals surface area contributed by atoms with E-state index < -0.39 is 10.1 Å². The van der Waals surface area contributed by atoms with Crippen molar-refractivity contribution in [1.29, 1.82) is 0 Å². The van der Waals surface area contributed by atoms with Crippen molar-refractivity contribution in [3.05, 3.63) is 42.0 Å². The highest BCUT2D eigenvalue weighted by Gasteiger charge is 2.15. The number of hydrogen-bond donors (Lipinski definition) is 0. The lowest BCUT2D eigenvalue weighted by Gasteiger charge is -2.29. The van der Waals surface area contributed by atoms with Crippen LogP contribution >= 0.6 is 0 Å². The van der Waals surface area contributed by atoms with Crippen molar-refractivity contribution < 1.29 is 27.0 Å². The van der Waals surface area contributed by atoms with Crippen LogP contribution in [0.15, 0.2) is 41.3 Å². The third kappa shape index (κ3) is 21.3. The maximum atomic E-state index is 11.4. The Morgan fingerprint density at radius 1 is 0.816 bits per heavy atom. The Balaban J connectivity index is 0.00000103. The van der Waals surface area contributed by atoms with Gasteiger partial charge < -0.3 is 13.8 Å². The number of unbranched alkanes of at least 4 members (excludes halogenated alkanes) is 13. The van der Waals surface area contributed by atoms with Gasteiger partial charge in [-0.1, -0.05) is 108 Å². The van der Waals surface area contributed by atoms with Gasteiger partial charge in [0.1, 0.15) is 23.3 Å². The molecule has 0 aliphatic heterocycles. The van der Waals surface area contributed by atoms with Crippen molar-refractivity contribution in [2.75, 3.05) is 33.8 Å². The number of carbonyl (C=O) groups excluding carboxylic acids is 1. The van der Waals surface area contributed by atoms with Gasteiger partial charge in [0, 0.05) is 5.57 Å². The minimum absolute atomic E-state index is 0.178. The lowest BCUT2D eigenvalue weighted by molar-refractivity contribution is -0.890. The number of rotatable bonds is 20. The third-order valence-electron chi connectivity index (χ3n) is 6.70. The SMILES string of the molecule is C=C(C)C(=O)OCC[N+](C)(C)CCCCCCCCCCCCCCCC.Cc1ccc(S(=O)(=O)[O-])cc1. The average Bonchev–Trinajstić information content (AvgIpc) is 2.84. The number of likely N-dealkylation sites (N-methyl/N-ethyl adjacent to an activating group) is 1.